The van der Waals surface area contributed by atoms with Gasteiger partial charge in [0, 0.05) is 25.7 Å². The molecule has 1 aliphatic heterocycles. The smallest absolute Gasteiger partial charge is 0.345 e. The fourth-order valence-corrected chi connectivity index (χ4v) is 6.27. The van der Waals surface area contributed by atoms with E-state index in [9.17, 15) is 13.2 Å². The maximum absolute atomic E-state index is 12.8. The van der Waals surface area contributed by atoms with Crippen LogP contribution in [0.15, 0.2) is 71.8 Å². The lowest BCUT2D eigenvalue weighted by Gasteiger charge is -2.32. The number of nitrogens with one attached hydrogen (secondary N) is 2. The Hall–Kier alpha value is -4.83. The molecule has 0 bridgehead atoms. The summed E-state index contributed by atoms with van der Waals surface area (Å²) in [7, 11) is -2.06. The minimum absolute atomic E-state index is 0.111. The molecule has 2 N–H and O–H groups in total. The molecule has 5 rings (SSSR count). The Morgan fingerprint density at radius 3 is 2.28 bits per heavy atom. The second-order valence-corrected chi connectivity index (χ2v) is 13.3. The number of likely N-dealkylation sites (tertiary alicyclic amines) is 1. The molecule has 4 aromatic rings. The van der Waals surface area contributed by atoms with E-state index < -0.39 is 16.0 Å². The Bertz CT molecular complexity index is 1860. The van der Waals surface area contributed by atoms with Gasteiger partial charge in [0.05, 0.1) is 29.3 Å². The van der Waals surface area contributed by atoms with Gasteiger partial charge in [-0.2, -0.15) is 10.2 Å². The number of carbonyl (C=O) groups is 1. The van der Waals surface area contributed by atoms with Crippen LogP contribution in [-0.2, 0) is 21.3 Å². The molecule has 1 aromatic heterocycles. The molecule has 1 aliphatic rings. The minimum Gasteiger partial charge on any atom is -0.462 e. The summed E-state index contributed by atoms with van der Waals surface area (Å²) in [6, 6.07) is 20.6. The van der Waals surface area contributed by atoms with Crippen molar-refractivity contribution in [1.82, 2.24) is 19.6 Å². The minimum atomic E-state index is -3.46. The number of ether oxygens (including phenoxy) is 2. The first kappa shape index (κ1) is 33.5. The van der Waals surface area contributed by atoms with Crippen LogP contribution in [0.2, 0.25) is 0 Å². The summed E-state index contributed by atoms with van der Waals surface area (Å²) in [5, 5.41) is 12.5. The van der Waals surface area contributed by atoms with Crippen molar-refractivity contribution in [3.8, 4) is 28.8 Å². The van der Waals surface area contributed by atoms with E-state index in [1.807, 2.05) is 50.2 Å². The summed E-state index contributed by atoms with van der Waals surface area (Å²) >= 11 is 0. The number of carbonyl (C=O) groups excluding carboxylic acids is 1. The first-order valence-corrected chi connectivity index (χ1v) is 16.9. The van der Waals surface area contributed by atoms with Crippen molar-refractivity contribution in [1.29, 1.82) is 5.26 Å². The van der Waals surface area contributed by atoms with Crippen LogP contribution < -0.4 is 14.8 Å². The highest BCUT2D eigenvalue weighted by atomic mass is 32.2. The second kappa shape index (κ2) is 14.7. The topological polar surface area (TPSA) is 147 Å². The van der Waals surface area contributed by atoms with E-state index in [1.165, 1.54) is 13.2 Å². The fourth-order valence-electron chi connectivity index (χ4n) is 5.54. The summed E-state index contributed by atoms with van der Waals surface area (Å²) in [4.78, 5) is 24.4. The van der Waals surface area contributed by atoms with E-state index >= 15 is 0 Å². The number of aromatic nitrogens is 2. The van der Waals surface area contributed by atoms with Crippen LogP contribution in [0.1, 0.15) is 52.4 Å². The highest BCUT2D eigenvalue weighted by Crippen LogP contribution is 2.34. The molecule has 0 atom stereocenters. The molecule has 12 heteroatoms. The molecule has 0 saturated carbocycles. The van der Waals surface area contributed by atoms with E-state index in [0.717, 1.165) is 60.3 Å². The number of rotatable bonds is 11. The van der Waals surface area contributed by atoms with Crippen molar-refractivity contribution < 1.29 is 22.7 Å². The monoisotopic (exact) mass is 654 g/mol. The van der Waals surface area contributed by atoms with Gasteiger partial charge in [-0.3, -0.25) is 4.90 Å². The van der Waals surface area contributed by atoms with Gasteiger partial charge in [-0.15, -0.1) is 0 Å². The van der Waals surface area contributed by atoms with Crippen LogP contribution in [-0.4, -0.2) is 62.0 Å². The predicted octanol–water partition coefficient (Wildman–Crippen LogP) is 5.59. The molecule has 47 heavy (non-hydrogen) atoms. The Morgan fingerprint density at radius 2 is 1.68 bits per heavy atom. The fraction of sp³-hybridized carbons (Fsp3) is 0.314. The van der Waals surface area contributed by atoms with Crippen LogP contribution in [0.5, 0.6) is 11.6 Å². The molecule has 1 fully saturated rings. The number of nitrogens with zero attached hydrogens (tertiary/aromatic N) is 4. The number of aryl methyl sites for hydroxylation is 2. The number of piperidine rings is 1. The Balaban J connectivity index is 1.28. The number of benzene rings is 3. The van der Waals surface area contributed by atoms with Crippen molar-refractivity contribution in [2.24, 2.45) is 0 Å². The van der Waals surface area contributed by atoms with Crippen molar-refractivity contribution >= 4 is 21.9 Å². The van der Waals surface area contributed by atoms with E-state index in [2.05, 4.69) is 31.0 Å². The van der Waals surface area contributed by atoms with Gasteiger partial charge in [-0.05, 0) is 105 Å². The number of nitriles is 1. The maximum Gasteiger partial charge on any atom is 0.345 e. The third-order valence-corrected chi connectivity index (χ3v) is 9.52. The molecule has 0 radical (unpaired) electrons. The second-order valence-electron chi connectivity index (χ2n) is 11.4. The lowest BCUT2D eigenvalue weighted by molar-refractivity contribution is 0.0522. The highest BCUT2D eigenvalue weighted by molar-refractivity contribution is 7.89. The van der Waals surface area contributed by atoms with Gasteiger partial charge in [0.15, 0.2) is 0 Å². The van der Waals surface area contributed by atoms with Gasteiger partial charge in [0.1, 0.15) is 11.3 Å². The zero-order chi connectivity index (χ0) is 33.6. The number of hydrogen-bond donors (Lipinski definition) is 2. The molecule has 2 heterocycles. The van der Waals surface area contributed by atoms with E-state index in [-0.39, 0.29) is 29.0 Å². The van der Waals surface area contributed by atoms with Crippen LogP contribution >= 0.6 is 0 Å². The van der Waals surface area contributed by atoms with Crippen LogP contribution in [0, 0.1) is 25.2 Å². The molecule has 0 amide bonds. The standard InChI is InChI=1S/C35H38N6O5S/c1-5-45-34(42)31-21-38-35(39-29-14-16-41(17-15-29)22-26-8-12-30(13-9-26)47(43,44)37-4)40-33(31)46-32-23(2)18-28(19-24(32)3)27-10-6-25(20-36)7-11-27/h6-13,18-19,21,29,37H,5,14-17,22H2,1-4H3,(H,38,39,40). The maximum atomic E-state index is 12.8. The third-order valence-electron chi connectivity index (χ3n) is 8.08. The van der Waals surface area contributed by atoms with E-state index in [0.29, 0.717) is 17.3 Å². The molecule has 244 valence electrons. The van der Waals surface area contributed by atoms with E-state index in [4.69, 9.17) is 14.7 Å². The summed E-state index contributed by atoms with van der Waals surface area (Å²) in [6.45, 7) is 8.20. The quantitative estimate of drug-likeness (QED) is 0.196. The SMILES string of the molecule is CCOC(=O)c1cnc(NC2CCN(Cc3ccc(S(=O)(=O)NC)cc3)CC2)nc1Oc1c(C)cc(-c2ccc(C#N)cc2)cc1C. The summed E-state index contributed by atoms with van der Waals surface area (Å²) in [5.41, 5.74) is 5.46. The molecule has 0 aliphatic carbocycles. The summed E-state index contributed by atoms with van der Waals surface area (Å²) < 4.78 is 38.0. The van der Waals surface area contributed by atoms with Crippen LogP contribution in [0.25, 0.3) is 11.1 Å². The summed E-state index contributed by atoms with van der Waals surface area (Å²) in [6.07, 6.45) is 3.13. The highest BCUT2D eigenvalue weighted by Gasteiger charge is 2.24. The van der Waals surface area contributed by atoms with Gasteiger partial charge in [-0.25, -0.2) is 22.9 Å². The largest absolute Gasteiger partial charge is 0.462 e. The Morgan fingerprint density at radius 1 is 1.02 bits per heavy atom. The normalized spacial score (nSPS) is 13.9. The van der Waals surface area contributed by atoms with E-state index in [1.54, 1.807) is 31.2 Å². The number of anilines is 1. The van der Waals surface area contributed by atoms with Gasteiger partial charge in [0.25, 0.3) is 0 Å². The van der Waals surface area contributed by atoms with Crippen molar-refractivity contribution in [3.63, 3.8) is 0 Å². The Labute approximate surface area is 275 Å². The lowest BCUT2D eigenvalue weighted by atomic mass is 9.99. The van der Waals surface area contributed by atoms with Crippen LogP contribution in [0.3, 0.4) is 0 Å². The third kappa shape index (κ3) is 8.13. The summed E-state index contributed by atoms with van der Waals surface area (Å²) in [5.74, 6) is 0.489. The van der Waals surface area contributed by atoms with Gasteiger partial charge in [-0.1, -0.05) is 24.3 Å². The average molecular weight is 655 g/mol. The van der Waals surface area contributed by atoms with Gasteiger partial charge in [0.2, 0.25) is 21.9 Å². The van der Waals surface area contributed by atoms with Crippen LogP contribution in [0.4, 0.5) is 5.95 Å². The molecular weight excluding hydrogens is 616 g/mol. The van der Waals surface area contributed by atoms with Crippen molar-refractivity contribution in [3.05, 3.63) is 94.7 Å². The van der Waals surface area contributed by atoms with Gasteiger partial charge < -0.3 is 14.8 Å². The molecule has 0 spiro atoms. The number of esters is 1. The number of hydrogen-bond acceptors (Lipinski definition) is 10. The molecular formula is C35H38N6O5S. The predicted molar refractivity (Wildman–Crippen MR) is 179 cm³/mol. The Kier molecular flexibility index (Phi) is 10.5. The molecule has 1 saturated heterocycles. The average Bonchev–Trinajstić information content (AvgIpc) is 3.07. The lowest BCUT2D eigenvalue weighted by Crippen LogP contribution is -2.39. The zero-order valence-electron chi connectivity index (χ0n) is 26.9. The van der Waals surface area contributed by atoms with Crippen molar-refractivity contribution in [2.75, 3.05) is 32.1 Å². The molecule has 0 unspecified atom stereocenters. The molecule has 11 nitrogen and oxygen atoms in total. The van der Waals surface area contributed by atoms with Gasteiger partial charge >= 0.3 is 5.97 Å². The first-order valence-electron chi connectivity index (χ1n) is 15.5. The van der Waals surface area contributed by atoms with Crippen molar-refractivity contribution in [2.45, 2.75) is 51.1 Å². The molecule has 3 aromatic carbocycles. The number of sulfonamides is 1. The first-order chi connectivity index (χ1) is 22.6. The zero-order valence-corrected chi connectivity index (χ0v) is 27.7.